The van der Waals surface area contributed by atoms with Crippen LogP contribution in [0, 0.1) is 0 Å². The molecule has 0 amide bonds. The molecule has 19 heavy (non-hydrogen) atoms. The number of nitrogens with one attached hydrogen (secondary N) is 1. The molecule has 0 radical (unpaired) electrons. The molecular weight excluding hydrogens is 246 g/mol. The topological polar surface area (TPSA) is 56.8 Å². The number of carbonyl (C=O) groups is 1. The maximum Gasteiger partial charge on any atom is 0.305 e. The zero-order chi connectivity index (χ0) is 13.7. The van der Waals surface area contributed by atoms with Gasteiger partial charge in [-0.3, -0.25) is 4.79 Å². The number of ether oxygens (including phenoxy) is 3. The van der Waals surface area contributed by atoms with Crippen LogP contribution in [0.15, 0.2) is 18.2 Å². The van der Waals surface area contributed by atoms with Crippen molar-refractivity contribution in [1.29, 1.82) is 0 Å². The molecule has 0 aliphatic carbocycles. The first-order valence-corrected chi connectivity index (χ1v) is 6.38. The van der Waals surface area contributed by atoms with Gasteiger partial charge in [0.15, 0.2) is 0 Å². The maximum absolute atomic E-state index is 10.9. The Balaban J connectivity index is 1.84. The van der Waals surface area contributed by atoms with Gasteiger partial charge in [0.2, 0.25) is 0 Å². The Hall–Kier alpha value is -1.75. The van der Waals surface area contributed by atoms with Crippen LogP contribution in [-0.2, 0) is 9.53 Å². The molecule has 1 unspecified atom stereocenters. The first kappa shape index (κ1) is 13.7. The summed E-state index contributed by atoms with van der Waals surface area (Å²) < 4.78 is 15.7. The number of fused-ring (bicyclic) bond motifs is 1. The third-order valence-corrected chi connectivity index (χ3v) is 3.14. The second-order valence-corrected chi connectivity index (χ2v) is 4.38. The van der Waals surface area contributed by atoms with E-state index in [1.807, 2.05) is 25.2 Å². The van der Waals surface area contributed by atoms with Gasteiger partial charge in [-0.15, -0.1) is 0 Å². The molecule has 0 saturated carbocycles. The SMILES string of the molecule is CNC1COc2cc(OCCCC(=O)OC)ccc21. The van der Waals surface area contributed by atoms with Gasteiger partial charge in [0.05, 0.1) is 19.8 Å². The van der Waals surface area contributed by atoms with Crippen LogP contribution in [0.5, 0.6) is 11.5 Å². The van der Waals surface area contributed by atoms with Crippen LogP contribution in [-0.4, -0.2) is 33.3 Å². The van der Waals surface area contributed by atoms with E-state index in [1.54, 1.807) is 0 Å². The summed E-state index contributed by atoms with van der Waals surface area (Å²) in [6.07, 6.45) is 1.02. The Bertz CT molecular complexity index is 447. The fraction of sp³-hybridized carbons (Fsp3) is 0.500. The monoisotopic (exact) mass is 265 g/mol. The quantitative estimate of drug-likeness (QED) is 0.626. The van der Waals surface area contributed by atoms with Crippen LogP contribution in [0.1, 0.15) is 24.4 Å². The van der Waals surface area contributed by atoms with Gasteiger partial charge in [0.1, 0.15) is 18.1 Å². The summed E-state index contributed by atoms with van der Waals surface area (Å²) in [4.78, 5) is 10.9. The Morgan fingerprint density at radius 3 is 3.11 bits per heavy atom. The number of hydrogen-bond acceptors (Lipinski definition) is 5. The Kier molecular flexibility index (Phi) is 4.63. The zero-order valence-corrected chi connectivity index (χ0v) is 11.3. The first-order valence-electron chi connectivity index (χ1n) is 6.38. The number of hydrogen-bond donors (Lipinski definition) is 1. The maximum atomic E-state index is 10.9. The van der Waals surface area contributed by atoms with Crippen molar-refractivity contribution >= 4 is 5.97 Å². The van der Waals surface area contributed by atoms with Crippen molar-refractivity contribution in [2.24, 2.45) is 0 Å². The van der Waals surface area contributed by atoms with E-state index < -0.39 is 0 Å². The third-order valence-electron chi connectivity index (χ3n) is 3.14. The van der Waals surface area contributed by atoms with Crippen molar-refractivity contribution in [3.63, 3.8) is 0 Å². The highest BCUT2D eigenvalue weighted by Crippen LogP contribution is 2.34. The normalized spacial score (nSPS) is 16.6. The van der Waals surface area contributed by atoms with E-state index in [-0.39, 0.29) is 12.0 Å². The van der Waals surface area contributed by atoms with Gasteiger partial charge in [-0.25, -0.2) is 0 Å². The van der Waals surface area contributed by atoms with Crippen LogP contribution in [0.2, 0.25) is 0 Å². The minimum Gasteiger partial charge on any atom is -0.493 e. The third kappa shape index (κ3) is 3.38. The molecular formula is C14H19NO4. The molecule has 1 aliphatic rings. The number of likely N-dealkylation sites (N-methyl/N-ethyl adjacent to an activating group) is 1. The zero-order valence-electron chi connectivity index (χ0n) is 11.3. The lowest BCUT2D eigenvalue weighted by Crippen LogP contribution is -2.17. The van der Waals surface area contributed by atoms with Crippen molar-refractivity contribution in [3.05, 3.63) is 23.8 Å². The van der Waals surface area contributed by atoms with Crippen molar-refractivity contribution in [2.45, 2.75) is 18.9 Å². The lowest BCUT2D eigenvalue weighted by atomic mass is 10.1. The number of rotatable bonds is 6. The molecule has 0 spiro atoms. The largest absolute Gasteiger partial charge is 0.493 e. The molecule has 5 heteroatoms. The summed E-state index contributed by atoms with van der Waals surface area (Å²) in [5.74, 6) is 1.42. The molecule has 1 N–H and O–H groups in total. The van der Waals surface area contributed by atoms with Crippen molar-refractivity contribution < 1.29 is 19.0 Å². The lowest BCUT2D eigenvalue weighted by Gasteiger charge is -2.08. The minimum atomic E-state index is -0.210. The van der Waals surface area contributed by atoms with Crippen LogP contribution in [0.4, 0.5) is 0 Å². The first-order chi connectivity index (χ1) is 9.24. The summed E-state index contributed by atoms with van der Waals surface area (Å²) in [6, 6.07) is 6.09. The summed E-state index contributed by atoms with van der Waals surface area (Å²) in [5, 5.41) is 3.19. The van der Waals surface area contributed by atoms with Crippen LogP contribution in [0.25, 0.3) is 0 Å². The Morgan fingerprint density at radius 1 is 1.53 bits per heavy atom. The average Bonchev–Trinajstić information content (AvgIpc) is 2.85. The van der Waals surface area contributed by atoms with Crippen LogP contribution in [0.3, 0.4) is 0 Å². The minimum absolute atomic E-state index is 0.210. The standard InChI is InChI=1S/C14H19NO4/c1-15-12-9-19-13-8-10(5-6-11(12)13)18-7-3-4-14(16)17-2/h5-6,8,12,15H,3-4,7,9H2,1-2H3. The number of esters is 1. The summed E-state index contributed by atoms with van der Waals surface area (Å²) >= 11 is 0. The molecule has 1 aromatic carbocycles. The predicted molar refractivity (Wildman–Crippen MR) is 70.5 cm³/mol. The highest BCUT2D eigenvalue weighted by Gasteiger charge is 2.22. The molecule has 0 aromatic heterocycles. The summed E-state index contributed by atoms with van der Waals surface area (Å²) in [7, 11) is 3.31. The van der Waals surface area contributed by atoms with E-state index in [4.69, 9.17) is 9.47 Å². The highest BCUT2D eigenvalue weighted by atomic mass is 16.5. The number of benzene rings is 1. The van der Waals surface area contributed by atoms with E-state index in [0.717, 1.165) is 17.1 Å². The van der Waals surface area contributed by atoms with Gasteiger partial charge in [0, 0.05) is 18.1 Å². The van der Waals surface area contributed by atoms with Gasteiger partial charge < -0.3 is 19.5 Å². The number of carbonyl (C=O) groups excluding carboxylic acids is 1. The summed E-state index contributed by atoms with van der Waals surface area (Å²) in [6.45, 7) is 1.14. The Labute approximate surface area is 112 Å². The van der Waals surface area contributed by atoms with E-state index in [2.05, 4.69) is 10.1 Å². The van der Waals surface area contributed by atoms with E-state index in [0.29, 0.717) is 26.1 Å². The van der Waals surface area contributed by atoms with Crippen molar-refractivity contribution in [3.8, 4) is 11.5 Å². The van der Waals surface area contributed by atoms with Crippen LogP contribution < -0.4 is 14.8 Å². The average molecular weight is 265 g/mol. The fourth-order valence-electron chi connectivity index (χ4n) is 2.03. The van der Waals surface area contributed by atoms with Crippen molar-refractivity contribution in [1.82, 2.24) is 5.32 Å². The fourth-order valence-corrected chi connectivity index (χ4v) is 2.03. The molecule has 1 heterocycles. The molecule has 1 aliphatic heterocycles. The van der Waals surface area contributed by atoms with Gasteiger partial charge >= 0.3 is 5.97 Å². The number of methoxy groups -OCH3 is 1. The molecule has 0 bridgehead atoms. The van der Waals surface area contributed by atoms with Gasteiger partial charge in [-0.1, -0.05) is 0 Å². The molecule has 0 saturated heterocycles. The van der Waals surface area contributed by atoms with E-state index in [9.17, 15) is 4.79 Å². The molecule has 104 valence electrons. The van der Waals surface area contributed by atoms with E-state index in [1.165, 1.54) is 7.11 Å². The Morgan fingerprint density at radius 2 is 2.37 bits per heavy atom. The molecule has 2 rings (SSSR count). The molecule has 0 fully saturated rings. The second-order valence-electron chi connectivity index (χ2n) is 4.38. The van der Waals surface area contributed by atoms with Crippen molar-refractivity contribution in [2.75, 3.05) is 27.4 Å². The van der Waals surface area contributed by atoms with Crippen LogP contribution >= 0.6 is 0 Å². The van der Waals surface area contributed by atoms with E-state index >= 15 is 0 Å². The highest BCUT2D eigenvalue weighted by molar-refractivity contribution is 5.69. The smallest absolute Gasteiger partial charge is 0.305 e. The lowest BCUT2D eigenvalue weighted by molar-refractivity contribution is -0.140. The summed E-state index contributed by atoms with van der Waals surface area (Å²) in [5.41, 5.74) is 1.16. The molecule has 1 atom stereocenters. The van der Waals surface area contributed by atoms with Gasteiger partial charge in [-0.05, 0) is 25.6 Å². The molecule has 5 nitrogen and oxygen atoms in total. The van der Waals surface area contributed by atoms with Gasteiger partial charge in [0.25, 0.3) is 0 Å². The second kappa shape index (κ2) is 6.43. The van der Waals surface area contributed by atoms with Gasteiger partial charge in [-0.2, -0.15) is 0 Å². The molecule has 1 aromatic rings. The predicted octanol–water partition coefficient (Wildman–Crippen LogP) is 1.67.